The molecule has 28 heavy (non-hydrogen) atoms. The van der Waals surface area contributed by atoms with E-state index in [1.807, 2.05) is 0 Å². The molecule has 2 atom stereocenters. The molecule has 2 aromatic heterocycles. The van der Waals surface area contributed by atoms with E-state index >= 15 is 0 Å². The molecule has 1 aliphatic heterocycles. The first-order valence-corrected chi connectivity index (χ1v) is 11.0. The number of nitrogens with two attached hydrogens (primary N) is 1. The van der Waals surface area contributed by atoms with Gasteiger partial charge in [0.25, 0.3) is 5.91 Å². The molecule has 0 unspecified atom stereocenters. The summed E-state index contributed by atoms with van der Waals surface area (Å²) in [5.74, 6) is -0.699. The fourth-order valence-electron chi connectivity index (χ4n) is 3.55. The summed E-state index contributed by atoms with van der Waals surface area (Å²) >= 11 is 2.73. The first-order valence-electron chi connectivity index (χ1n) is 9.32. The van der Waals surface area contributed by atoms with Gasteiger partial charge in [0.05, 0.1) is 23.5 Å². The highest BCUT2D eigenvalue weighted by Gasteiger charge is 2.28. The third-order valence-electron chi connectivity index (χ3n) is 4.96. The second kappa shape index (κ2) is 8.18. The molecular formula is C17H22N6O3S2. The van der Waals surface area contributed by atoms with Crippen LogP contribution >= 0.6 is 23.1 Å². The number of aromatic nitrogens is 4. The van der Waals surface area contributed by atoms with Crippen molar-refractivity contribution in [2.45, 2.75) is 62.1 Å². The number of amides is 2. The van der Waals surface area contributed by atoms with Crippen LogP contribution in [-0.2, 0) is 28.9 Å². The first-order chi connectivity index (χ1) is 13.5. The summed E-state index contributed by atoms with van der Waals surface area (Å²) in [5, 5.41) is 15.3. The van der Waals surface area contributed by atoms with E-state index in [9.17, 15) is 9.59 Å². The number of carbonyl (C=O) groups is 2. The van der Waals surface area contributed by atoms with Gasteiger partial charge in [0, 0.05) is 11.5 Å². The normalized spacial score (nSPS) is 19.5. The molecule has 0 spiro atoms. The minimum absolute atomic E-state index is 0.110. The van der Waals surface area contributed by atoms with E-state index in [0.29, 0.717) is 22.3 Å². The van der Waals surface area contributed by atoms with Crippen LogP contribution in [0.15, 0.2) is 5.16 Å². The highest BCUT2D eigenvalue weighted by atomic mass is 32.2. The maximum atomic E-state index is 12.7. The number of ether oxygens (including phenoxy) is 1. The zero-order valence-corrected chi connectivity index (χ0v) is 17.1. The Morgan fingerprint density at radius 3 is 3.04 bits per heavy atom. The number of fused-ring (bicyclic) bond motifs is 1. The van der Waals surface area contributed by atoms with Crippen LogP contribution in [0.25, 0.3) is 0 Å². The number of nitrogens with one attached hydrogen (secondary N) is 1. The molecule has 1 saturated heterocycles. The van der Waals surface area contributed by atoms with Crippen molar-refractivity contribution in [3.05, 3.63) is 16.0 Å². The Kier molecular flexibility index (Phi) is 5.65. The molecule has 3 N–H and O–H groups in total. The van der Waals surface area contributed by atoms with Gasteiger partial charge in [-0.15, -0.1) is 16.4 Å². The molecular weight excluding hydrogens is 400 g/mol. The van der Waals surface area contributed by atoms with Crippen LogP contribution in [-0.4, -0.2) is 50.0 Å². The number of carbonyl (C=O) groups excluding carboxylic acids is 2. The molecule has 0 radical (unpaired) electrons. The highest BCUT2D eigenvalue weighted by molar-refractivity contribution is 8.00. The lowest BCUT2D eigenvalue weighted by Crippen LogP contribution is -2.25. The number of nitrogens with zero attached hydrogens (tertiary/aromatic N) is 4. The fourth-order valence-corrected chi connectivity index (χ4v) is 5.65. The van der Waals surface area contributed by atoms with E-state index in [-0.39, 0.29) is 12.0 Å². The molecule has 0 bridgehead atoms. The van der Waals surface area contributed by atoms with Gasteiger partial charge in [-0.1, -0.05) is 11.8 Å². The number of tetrazole rings is 1. The minimum atomic E-state index is -0.490. The van der Waals surface area contributed by atoms with Crippen molar-refractivity contribution in [3.63, 3.8) is 0 Å². The Morgan fingerprint density at radius 2 is 2.29 bits per heavy atom. The number of rotatable bonds is 7. The van der Waals surface area contributed by atoms with Gasteiger partial charge in [-0.05, 0) is 55.0 Å². The second-order valence-corrected chi connectivity index (χ2v) is 9.37. The van der Waals surface area contributed by atoms with Crippen LogP contribution in [0.3, 0.4) is 0 Å². The van der Waals surface area contributed by atoms with Crippen molar-refractivity contribution in [2.75, 3.05) is 11.9 Å². The monoisotopic (exact) mass is 422 g/mol. The highest BCUT2D eigenvalue weighted by Crippen LogP contribution is 2.39. The van der Waals surface area contributed by atoms with E-state index in [1.165, 1.54) is 23.1 Å². The number of primary amides is 1. The average Bonchev–Trinajstić information content (AvgIpc) is 3.40. The second-order valence-electron chi connectivity index (χ2n) is 6.95. The molecule has 1 aliphatic carbocycles. The average molecular weight is 423 g/mol. The van der Waals surface area contributed by atoms with E-state index in [1.54, 1.807) is 11.6 Å². The van der Waals surface area contributed by atoms with Gasteiger partial charge in [0.15, 0.2) is 0 Å². The van der Waals surface area contributed by atoms with Gasteiger partial charge >= 0.3 is 0 Å². The van der Waals surface area contributed by atoms with Gasteiger partial charge in [-0.2, -0.15) is 0 Å². The van der Waals surface area contributed by atoms with Crippen LogP contribution in [0.1, 0.15) is 47.0 Å². The molecule has 9 nitrogen and oxygen atoms in total. The lowest BCUT2D eigenvalue weighted by Gasteiger charge is -2.13. The molecule has 2 aromatic rings. The van der Waals surface area contributed by atoms with Crippen molar-refractivity contribution in [1.29, 1.82) is 0 Å². The van der Waals surface area contributed by atoms with Gasteiger partial charge in [-0.25, -0.2) is 4.68 Å². The molecule has 1 fully saturated rings. The third-order valence-corrected chi connectivity index (χ3v) is 7.23. The summed E-state index contributed by atoms with van der Waals surface area (Å²) in [5.41, 5.74) is 7.02. The first kappa shape index (κ1) is 19.3. The molecule has 2 aliphatic rings. The van der Waals surface area contributed by atoms with E-state index in [0.717, 1.165) is 49.2 Å². The quantitative estimate of drug-likeness (QED) is 0.650. The van der Waals surface area contributed by atoms with E-state index < -0.39 is 11.2 Å². The molecule has 4 rings (SSSR count). The summed E-state index contributed by atoms with van der Waals surface area (Å²) in [6, 6.07) is 0. The maximum Gasteiger partial charge on any atom is 0.251 e. The zero-order valence-electron chi connectivity index (χ0n) is 15.5. The van der Waals surface area contributed by atoms with Crippen molar-refractivity contribution in [1.82, 2.24) is 20.2 Å². The SMILES string of the molecule is C[C@@H](Sc1nnnn1C[C@@H]1CCCO1)C(=O)Nc1sc2c(c1C(N)=O)CCC2. The number of thiophene rings is 1. The lowest BCUT2D eigenvalue weighted by molar-refractivity contribution is -0.115. The predicted molar refractivity (Wildman–Crippen MR) is 106 cm³/mol. The van der Waals surface area contributed by atoms with Gasteiger partial charge in [-0.3, -0.25) is 9.59 Å². The van der Waals surface area contributed by atoms with Crippen LogP contribution in [0.4, 0.5) is 5.00 Å². The molecule has 3 heterocycles. The van der Waals surface area contributed by atoms with Crippen molar-refractivity contribution < 1.29 is 14.3 Å². The zero-order chi connectivity index (χ0) is 19.7. The number of hydrogen-bond donors (Lipinski definition) is 2. The van der Waals surface area contributed by atoms with Crippen molar-refractivity contribution in [3.8, 4) is 0 Å². The Balaban J connectivity index is 1.42. The minimum Gasteiger partial charge on any atom is -0.376 e. The Bertz CT molecular complexity index is 890. The van der Waals surface area contributed by atoms with E-state index in [4.69, 9.17) is 10.5 Å². The molecule has 0 aromatic carbocycles. The maximum absolute atomic E-state index is 12.7. The summed E-state index contributed by atoms with van der Waals surface area (Å²) < 4.78 is 7.31. The van der Waals surface area contributed by atoms with Gasteiger partial charge < -0.3 is 15.8 Å². The number of thioether (sulfide) groups is 1. The topological polar surface area (TPSA) is 125 Å². The van der Waals surface area contributed by atoms with Gasteiger partial charge in [0.1, 0.15) is 5.00 Å². The molecule has 150 valence electrons. The predicted octanol–water partition coefficient (Wildman–Crippen LogP) is 1.62. The summed E-state index contributed by atoms with van der Waals surface area (Å²) in [6.45, 7) is 3.13. The number of hydrogen-bond acceptors (Lipinski definition) is 8. The fraction of sp³-hybridized carbons (Fsp3) is 0.588. The Hall–Kier alpha value is -1.98. The van der Waals surface area contributed by atoms with Crippen molar-refractivity contribution >= 4 is 39.9 Å². The largest absolute Gasteiger partial charge is 0.376 e. The molecule has 11 heteroatoms. The molecule has 2 amide bonds. The Labute approximate surface area is 170 Å². The van der Waals surface area contributed by atoms with Crippen LogP contribution < -0.4 is 11.1 Å². The van der Waals surface area contributed by atoms with Crippen LogP contribution in [0.2, 0.25) is 0 Å². The molecule has 0 saturated carbocycles. The third kappa shape index (κ3) is 3.91. The van der Waals surface area contributed by atoms with Gasteiger partial charge in [0.2, 0.25) is 11.1 Å². The van der Waals surface area contributed by atoms with E-state index in [2.05, 4.69) is 20.8 Å². The lowest BCUT2D eigenvalue weighted by atomic mass is 10.1. The smallest absolute Gasteiger partial charge is 0.251 e. The van der Waals surface area contributed by atoms with Crippen LogP contribution in [0.5, 0.6) is 0 Å². The van der Waals surface area contributed by atoms with Crippen LogP contribution in [0, 0.1) is 0 Å². The summed E-state index contributed by atoms with van der Waals surface area (Å²) in [4.78, 5) is 25.8. The Morgan fingerprint density at radius 1 is 1.43 bits per heavy atom. The summed E-state index contributed by atoms with van der Waals surface area (Å²) in [7, 11) is 0. The number of anilines is 1. The van der Waals surface area contributed by atoms with Crippen molar-refractivity contribution in [2.24, 2.45) is 5.73 Å². The standard InChI is InChI=1S/C17H22N6O3S2/c1-9(27-17-20-21-22-23(17)8-10-4-3-7-26-10)15(25)19-16-13(14(18)24)11-5-2-6-12(11)28-16/h9-10H,2-8H2,1H3,(H2,18,24)(H,19,25)/t9-,10+/m1/s1. The number of aryl methyl sites for hydroxylation is 1. The summed E-state index contributed by atoms with van der Waals surface area (Å²) in [6.07, 6.45) is 4.93.